The van der Waals surface area contributed by atoms with Crippen molar-refractivity contribution in [3.8, 4) is 0 Å². The van der Waals surface area contributed by atoms with E-state index in [1.807, 2.05) is 13.8 Å². The number of nitrogens with one attached hydrogen (secondary N) is 1. The summed E-state index contributed by atoms with van der Waals surface area (Å²) in [7, 11) is -3.46. The molecule has 0 amide bonds. The zero-order valence-corrected chi connectivity index (χ0v) is 12.3. The van der Waals surface area contributed by atoms with Crippen molar-refractivity contribution in [2.24, 2.45) is 5.92 Å². The lowest BCUT2D eigenvalue weighted by Crippen LogP contribution is -2.28. The second-order valence-electron chi connectivity index (χ2n) is 4.05. The standard InChI is InChI=1S/C11H17BrN2O2S/c1-3-8(2)7-14-17(15,16)9-4-5-10(12)11(13)6-9/h4-6,8,14H,3,7,13H2,1-2H3. The third-order valence-corrected chi connectivity index (χ3v) is 4.74. The summed E-state index contributed by atoms with van der Waals surface area (Å²) in [5, 5.41) is 0. The largest absolute Gasteiger partial charge is 0.398 e. The fraction of sp³-hybridized carbons (Fsp3) is 0.455. The van der Waals surface area contributed by atoms with E-state index in [9.17, 15) is 8.42 Å². The number of nitrogen functional groups attached to an aromatic ring is 1. The van der Waals surface area contributed by atoms with Crippen LogP contribution in [0.15, 0.2) is 27.6 Å². The molecule has 1 atom stereocenters. The van der Waals surface area contributed by atoms with Gasteiger partial charge in [-0.25, -0.2) is 13.1 Å². The highest BCUT2D eigenvalue weighted by atomic mass is 79.9. The predicted molar refractivity (Wildman–Crippen MR) is 73.2 cm³/mol. The summed E-state index contributed by atoms with van der Waals surface area (Å²) in [6.45, 7) is 4.46. The minimum absolute atomic E-state index is 0.196. The summed E-state index contributed by atoms with van der Waals surface area (Å²) < 4.78 is 27.1. The number of halogens is 1. The van der Waals surface area contributed by atoms with Crippen LogP contribution in [0.5, 0.6) is 0 Å². The van der Waals surface area contributed by atoms with Gasteiger partial charge in [0, 0.05) is 16.7 Å². The minimum Gasteiger partial charge on any atom is -0.398 e. The van der Waals surface area contributed by atoms with Gasteiger partial charge in [-0.3, -0.25) is 0 Å². The molecule has 0 aromatic heterocycles. The Morgan fingerprint density at radius 1 is 1.47 bits per heavy atom. The van der Waals surface area contributed by atoms with Gasteiger partial charge in [-0.1, -0.05) is 20.3 Å². The maximum Gasteiger partial charge on any atom is 0.240 e. The van der Waals surface area contributed by atoms with Gasteiger partial charge in [-0.2, -0.15) is 0 Å². The second kappa shape index (κ2) is 5.84. The molecule has 6 heteroatoms. The van der Waals surface area contributed by atoms with Gasteiger partial charge in [-0.15, -0.1) is 0 Å². The molecule has 1 aromatic carbocycles. The molecule has 1 unspecified atom stereocenters. The van der Waals surface area contributed by atoms with Crippen LogP contribution in [0.1, 0.15) is 20.3 Å². The van der Waals surface area contributed by atoms with Crippen molar-refractivity contribution in [1.82, 2.24) is 4.72 Å². The molecule has 0 bridgehead atoms. The molecule has 0 spiro atoms. The van der Waals surface area contributed by atoms with Gasteiger partial charge in [0.05, 0.1) is 4.90 Å². The molecule has 0 aliphatic heterocycles. The topological polar surface area (TPSA) is 72.2 Å². The Morgan fingerprint density at radius 3 is 2.65 bits per heavy atom. The first-order chi connectivity index (χ1) is 7.86. The number of hydrogen-bond donors (Lipinski definition) is 2. The molecule has 0 heterocycles. The lowest BCUT2D eigenvalue weighted by Gasteiger charge is -2.11. The van der Waals surface area contributed by atoms with E-state index in [2.05, 4.69) is 20.7 Å². The molecule has 96 valence electrons. The minimum atomic E-state index is -3.46. The molecule has 1 rings (SSSR count). The fourth-order valence-electron chi connectivity index (χ4n) is 1.17. The molecule has 0 saturated heterocycles. The number of hydrogen-bond acceptors (Lipinski definition) is 3. The summed E-state index contributed by atoms with van der Waals surface area (Å²) in [6.07, 6.45) is 0.936. The Morgan fingerprint density at radius 2 is 2.12 bits per heavy atom. The first-order valence-corrected chi connectivity index (χ1v) is 7.69. The smallest absolute Gasteiger partial charge is 0.240 e. The number of sulfonamides is 1. The lowest BCUT2D eigenvalue weighted by molar-refractivity contribution is 0.528. The number of nitrogens with two attached hydrogens (primary N) is 1. The lowest BCUT2D eigenvalue weighted by atomic mass is 10.1. The van der Waals surface area contributed by atoms with Gasteiger partial charge in [-0.05, 0) is 40.0 Å². The van der Waals surface area contributed by atoms with E-state index in [1.54, 1.807) is 6.07 Å². The molecule has 3 N–H and O–H groups in total. The van der Waals surface area contributed by atoms with E-state index in [4.69, 9.17) is 5.73 Å². The number of anilines is 1. The molecule has 1 aromatic rings. The first kappa shape index (κ1) is 14.5. The van der Waals surface area contributed by atoms with Crippen molar-refractivity contribution < 1.29 is 8.42 Å². The zero-order valence-electron chi connectivity index (χ0n) is 9.90. The normalized spacial score (nSPS) is 13.6. The maximum atomic E-state index is 11.9. The van der Waals surface area contributed by atoms with Crippen LogP contribution in [-0.4, -0.2) is 15.0 Å². The van der Waals surface area contributed by atoms with Gasteiger partial charge in [0.1, 0.15) is 0 Å². The van der Waals surface area contributed by atoms with Gasteiger partial charge < -0.3 is 5.73 Å². The van der Waals surface area contributed by atoms with Gasteiger partial charge in [0.15, 0.2) is 0 Å². The van der Waals surface area contributed by atoms with E-state index in [0.717, 1.165) is 6.42 Å². The second-order valence-corrected chi connectivity index (χ2v) is 6.67. The Hall–Kier alpha value is -0.590. The van der Waals surface area contributed by atoms with Crippen LogP contribution >= 0.6 is 15.9 Å². The average molecular weight is 321 g/mol. The molecule has 0 aliphatic rings. The molecule has 0 radical (unpaired) electrons. The van der Waals surface area contributed by atoms with Gasteiger partial charge in [0.25, 0.3) is 0 Å². The first-order valence-electron chi connectivity index (χ1n) is 5.41. The van der Waals surface area contributed by atoms with Crippen molar-refractivity contribution in [3.63, 3.8) is 0 Å². The summed E-state index contributed by atoms with van der Waals surface area (Å²) in [6, 6.07) is 4.61. The highest BCUT2D eigenvalue weighted by Gasteiger charge is 2.15. The van der Waals surface area contributed by atoms with Crippen molar-refractivity contribution in [2.75, 3.05) is 12.3 Å². The SMILES string of the molecule is CCC(C)CNS(=O)(=O)c1ccc(Br)c(N)c1. The summed E-state index contributed by atoms with van der Waals surface area (Å²) >= 11 is 3.23. The van der Waals surface area contributed by atoms with E-state index in [0.29, 0.717) is 22.6 Å². The van der Waals surface area contributed by atoms with E-state index in [-0.39, 0.29) is 4.90 Å². The summed E-state index contributed by atoms with van der Waals surface area (Å²) in [5.41, 5.74) is 6.07. The summed E-state index contributed by atoms with van der Waals surface area (Å²) in [4.78, 5) is 0.196. The molecule has 17 heavy (non-hydrogen) atoms. The van der Waals surface area contributed by atoms with Crippen LogP contribution in [0.3, 0.4) is 0 Å². The fourth-order valence-corrected chi connectivity index (χ4v) is 2.62. The monoisotopic (exact) mass is 320 g/mol. The van der Waals surface area contributed by atoms with Crippen LogP contribution in [0, 0.1) is 5.92 Å². The van der Waals surface area contributed by atoms with Gasteiger partial charge >= 0.3 is 0 Å². The highest BCUT2D eigenvalue weighted by molar-refractivity contribution is 9.10. The third-order valence-electron chi connectivity index (χ3n) is 2.60. The summed E-state index contributed by atoms with van der Waals surface area (Å²) in [5.74, 6) is 0.317. The average Bonchev–Trinajstić information content (AvgIpc) is 2.29. The van der Waals surface area contributed by atoms with Crippen LogP contribution in [0.4, 0.5) is 5.69 Å². The Labute approximate surface area is 111 Å². The van der Waals surface area contributed by atoms with E-state index >= 15 is 0 Å². The predicted octanol–water partition coefficient (Wildman–Crippen LogP) is 2.36. The van der Waals surface area contributed by atoms with E-state index in [1.165, 1.54) is 12.1 Å². The Balaban J connectivity index is 2.86. The highest BCUT2D eigenvalue weighted by Crippen LogP contribution is 2.22. The van der Waals surface area contributed by atoms with Crippen molar-refractivity contribution in [2.45, 2.75) is 25.2 Å². The van der Waals surface area contributed by atoms with Crippen molar-refractivity contribution in [1.29, 1.82) is 0 Å². The maximum absolute atomic E-state index is 11.9. The Bertz CT molecular complexity index is 488. The van der Waals surface area contributed by atoms with Crippen LogP contribution in [0.25, 0.3) is 0 Å². The molecule has 0 saturated carbocycles. The number of rotatable bonds is 5. The van der Waals surface area contributed by atoms with Gasteiger partial charge in [0.2, 0.25) is 10.0 Å². The zero-order chi connectivity index (χ0) is 13.1. The Kier molecular flexibility index (Phi) is 4.97. The molecular formula is C11H17BrN2O2S. The van der Waals surface area contributed by atoms with Crippen molar-refractivity contribution in [3.05, 3.63) is 22.7 Å². The van der Waals surface area contributed by atoms with Crippen LogP contribution in [0.2, 0.25) is 0 Å². The number of benzene rings is 1. The molecule has 4 nitrogen and oxygen atoms in total. The third kappa shape index (κ3) is 3.97. The van der Waals surface area contributed by atoms with Crippen LogP contribution < -0.4 is 10.5 Å². The van der Waals surface area contributed by atoms with Crippen molar-refractivity contribution >= 4 is 31.6 Å². The van der Waals surface area contributed by atoms with Crippen LogP contribution in [-0.2, 0) is 10.0 Å². The molecule has 0 fully saturated rings. The van der Waals surface area contributed by atoms with E-state index < -0.39 is 10.0 Å². The quantitative estimate of drug-likeness (QED) is 0.818. The molecule has 0 aliphatic carbocycles. The molecular weight excluding hydrogens is 304 g/mol.